The minimum atomic E-state index is -0.665. The van der Waals surface area contributed by atoms with E-state index in [2.05, 4.69) is 10.3 Å². The van der Waals surface area contributed by atoms with Crippen molar-refractivity contribution in [2.45, 2.75) is 13.8 Å². The Morgan fingerprint density at radius 1 is 1.18 bits per heavy atom. The highest BCUT2D eigenvalue weighted by atomic mass is 35.5. The molecular formula is C20H16Cl2N2O4. The van der Waals surface area contributed by atoms with Crippen LogP contribution in [0, 0.1) is 6.92 Å². The summed E-state index contributed by atoms with van der Waals surface area (Å²) in [4.78, 5) is 17.5. The van der Waals surface area contributed by atoms with Crippen LogP contribution in [-0.4, -0.2) is 23.4 Å². The van der Waals surface area contributed by atoms with Crippen LogP contribution < -0.4 is 4.74 Å². The molecule has 0 aliphatic carbocycles. The maximum absolute atomic E-state index is 12.5. The fourth-order valence-electron chi connectivity index (χ4n) is 2.37. The fraction of sp³-hybridized carbons (Fsp3) is 0.150. The molecule has 1 aromatic heterocycles. The lowest BCUT2D eigenvalue weighted by Gasteiger charge is -2.07. The number of carbonyl (C=O) groups is 1. The van der Waals surface area contributed by atoms with Crippen LogP contribution in [0.15, 0.2) is 58.2 Å². The number of halogens is 2. The van der Waals surface area contributed by atoms with Gasteiger partial charge in [-0.05, 0) is 32.0 Å². The fourth-order valence-corrected chi connectivity index (χ4v) is 2.83. The maximum atomic E-state index is 12.5. The molecule has 0 saturated heterocycles. The van der Waals surface area contributed by atoms with Crippen LogP contribution in [0.2, 0.25) is 10.0 Å². The Morgan fingerprint density at radius 2 is 1.93 bits per heavy atom. The zero-order chi connectivity index (χ0) is 20.1. The first-order valence-corrected chi connectivity index (χ1v) is 9.05. The monoisotopic (exact) mass is 418 g/mol. The molecule has 144 valence electrons. The van der Waals surface area contributed by atoms with Crippen molar-refractivity contribution in [3.8, 4) is 17.0 Å². The van der Waals surface area contributed by atoms with E-state index >= 15 is 0 Å². The van der Waals surface area contributed by atoms with E-state index in [1.807, 2.05) is 30.3 Å². The van der Waals surface area contributed by atoms with Crippen LogP contribution in [0.25, 0.3) is 11.3 Å². The average molecular weight is 419 g/mol. The quantitative estimate of drug-likeness (QED) is 0.297. The van der Waals surface area contributed by atoms with Crippen LogP contribution in [-0.2, 0) is 4.84 Å². The van der Waals surface area contributed by atoms with Gasteiger partial charge in [0.15, 0.2) is 0 Å². The van der Waals surface area contributed by atoms with E-state index in [0.717, 1.165) is 5.56 Å². The number of oxime groups is 1. The van der Waals surface area contributed by atoms with Crippen molar-refractivity contribution < 1.29 is 18.9 Å². The summed E-state index contributed by atoms with van der Waals surface area (Å²) in [7, 11) is 0. The Morgan fingerprint density at radius 3 is 2.64 bits per heavy atom. The summed E-state index contributed by atoms with van der Waals surface area (Å²) in [5.74, 6) is 0.135. The Labute approximate surface area is 171 Å². The molecule has 3 aromatic rings. The second kappa shape index (κ2) is 8.91. The van der Waals surface area contributed by atoms with Crippen LogP contribution in [0.3, 0.4) is 0 Å². The standard InChI is InChI=1S/C20H16Cl2N2O4/c1-12(11-26-17-9-8-15(21)10-16(17)22)23-28-20(25)18-13(2)27-24-19(18)14-6-4-3-5-7-14/h3-10H,11H2,1-2H3/b23-12+. The molecule has 2 aromatic carbocycles. The lowest BCUT2D eigenvalue weighted by Crippen LogP contribution is -2.11. The van der Waals surface area contributed by atoms with Crippen molar-refractivity contribution in [3.05, 3.63) is 69.9 Å². The molecule has 0 spiro atoms. The van der Waals surface area contributed by atoms with Crippen LogP contribution in [0.1, 0.15) is 23.0 Å². The number of ether oxygens (including phenoxy) is 1. The highest BCUT2D eigenvalue weighted by Crippen LogP contribution is 2.28. The normalized spacial score (nSPS) is 11.4. The summed E-state index contributed by atoms with van der Waals surface area (Å²) in [6.45, 7) is 3.39. The lowest BCUT2D eigenvalue weighted by atomic mass is 10.1. The van der Waals surface area contributed by atoms with Gasteiger partial charge < -0.3 is 14.1 Å². The number of hydrogen-bond donors (Lipinski definition) is 0. The van der Waals surface area contributed by atoms with Crippen molar-refractivity contribution in [2.75, 3.05) is 6.61 Å². The molecule has 28 heavy (non-hydrogen) atoms. The molecule has 3 rings (SSSR count). The minimum absolute atomic E-state index is 0.0861. The largest absolute Gasteiger partial charge is 0.486 e. The molecule has 8 heteroatoms. The number of benzene rings is 2. The molecular weight excluding hydrogens is 403 g/mol. The van der Waals surface area contributed by atoms with Gasteiger partial charge in [-0.2, -0.15) is 0 Å². The second-order valence-electron chi connectivity index (χ2n) is 5.90. The molecule has 1 heterocycles. The first-order valence-electron chi connectivity index (χ1n) is 8.30. The topological polar surface area (TPSA) is 73.9 Å². The van der Waals surface area contributed by atoms with Crippen molar-refractivity contribution >= 4 is 34.9 Å². The smallest absolute Gasteiger partial charge is 0.371 e. The van der Waals surface area contributed by atoms with Crippen LogP contribution in [0.5, 0.6) is 5.75 Å². The first-order chi connectivity index (χ1) is 13.5. The van der Waals surface area contributed by atoms with Crippen molar-refractivity contribution in [1.29, 1.82) is 0 Å². The number of carbonyl (C=O) groups excluding carboxylic acids is 1. The second-order valence-corrected chi connectivity index (χ2v) is 6.74. The van der Waals surface area contributed by atoms with Gasteiger partial charge in [0.1, 0.15) is 29.4 Å². The summed E-state index contributed by atoms with van der Waals surface area (Å²) in [6.07, 6.45) is 0. The predicted octanol–water partition coefficient (Wildman–Crippen LogP) is 5.57. The minimum Gasteiger partial charge on any atom is -0.486 e. The third-order valence-electron chi connectivity index (χ3n) is 3.73. The van der Waals surface area contributed by atoms with Gasteiger partial charge in [0.25, 0.3) is 0 Å². The average Bonchev–Trinajstić information content (AvgIpc) is 3.07. The van der Waals surface area contributed by atoms with E-state index in [0.29, 0.717) is 33.0 Å². The number of nitrogens with zero attached hydrogens (tertiary/aromatic N) is 2. The van der Waals surface area contributed by atoms with Gasteiger partial charge in [-0.3, -0.25) is 0 Å². The van der Waals surface area contributed by atoms with Crippen molar-refractivity contribution in [3.63, 3.8) is 0 Å². The Balaban J connectivity index is 1.67. The van der Waals surface area contributed by atoms with Gasteiger partial charge in [0, 0.05) is 10.6 Å². The number of aryl methyl sites for hydroxylation is 1. The Hall–Kier alpha value is -2.83. The summed E-state index contributed by atoms with van der Waals surface area (Å²) in [5.41, 5.74) is 1.81. The summed E-state index contributed by atoms with van der Waals surface area (Å²) >= 11 is 11.9. The van der Waals surface area contributed by atoms with Crippen LogP contribution >= 0.6 is 23.2 Å². The molecule has 0 N–H and O–H groups in total. The third kappa shape index (κ3) is 4.71. The first kappa shape index (κ1) is 19.9. The molecule has 0 atom stereocenters. The highest BCUT2D eigenvalue weighted by Gasteiger charge is 2.23. The molecule has 0 amide bonds. The van der Waals surface area contributed by atoms with Gasteiger partial charge in [-0.1, -0.05) is 63.8 Å². The SMILES string of the molecule is C/C(COc1ccc(Cl)cc1Cl)=N\OC(=O)c1c(-c2ccccc2)noc1C. The molecule has 0 fully saturated rings. The lowest BCUT2D eigenvalue weighted by molar-refractivity contribution is 0.0512. The van der Waals surface area contributed by atoms with E-state index in [4.69, 9.17) is 37.3 Å². The molecule has 0 bridgehead atoms. The van der Waals surface area contributed by atoms with Gasteiger partial charge in [-0.25, -0.2) is 4.79 Å². The molecule has 0 aliphatic heterocycles. The predicted molar refractivity (Wildman–Crippen MR) is 107 cm³/mol. The zero-order valence-corrected chi connectivity index (χ0v) is 16.6. The van der Waals surface area contributed by atoms with E-state index in [1.165, 1.54) is 0 Å². The van der Waals surface area contributed by atoms with Gasteiger partial charge >= 0.3 is 5.97 Å². The molecule has 0 radical (unpaired) electrons. The Bertz CT molecular complexity index is 1020. The van der Waals surface area contributed by atoms with Gasteiger partial charge in [0.05, 0.1) is 10.7 Å². The molecule has 0 aliphatic rings. The van der Waals surface area contributed by atoms with E-state index < -0.39 is 5.97 Å². The number of hydrogen-bond acceptors (Lipinski definition) is 6. The van der Waals surface area contributed by atoms with Crippen LogP contribution in [0.4, 0.5) is 0 Å². The van der Waals surface area contributed by atoms with Crippen molar-refractivity contribution in [1.82, 2.24) is 5.16 Å². The molecule has 0 unspecified atom stereocenters. The van der Waals surface area contributed by atoms with Gasteiger partial charge in [-0.15, -0.1) is 0 Å². The summed E-state index contributed by atoms with van der Waals surface area (Å²) in [5, 5.41) is 8.66. The van der Waals surface area contributed by atoms with E-state index in [-0.39, 0.29) is 12.2 Å². The van der Waals surface area contributed by atoms with Gasteiger partial charge in [0.2, 0.25) is 0 Å². The summed E-state index contributed by atoms with van der Waals surface area (Å²) < 4.78 is 10.7. The maximum Gasteiger partial charge on any atom is 0.371 e. The Kier molecular flexibility index (Phi) is 6.34. The highest BCUT2D eigenvalue weighted by molar-refractivity contribution is 6.35. The van der Waals surface area contributed by atoms with E-state index in [9.17, 15) is 4.79 Å². The molecule has 0 saturated carbocycles. The number of rotatable bonds is 6. The zero-order valence-electron chi connectivity index (χ0n) is 15.1. The molecule has 6 nitrogen and oxygen atoms in total. The summed E-state index contributed by atoms with van der Waals surface area (Å²) in [6, 6.07) is 14.1. The van der Waals surface area contributed by atoms with E-state index in [1.54, 1.807) is 32.0 Å². The number of aromatic nitrogens is 1. The van der Waals surface area contributed by atoms with Crippen molar-refractivity contribution in [2.24, 2.45) is 5.16 Å². The third-order valence-corrected chi connectivity index (χ3v) is 4.26.